The molecular weight excluding hydrogens is 825 g/mol. The van der Waals surface area contributed by atoms with Crippen molar-refractivity contribution >= 4 is 11.9 Å². The number of carbonyl (C=O) groups is 2. The number of rotatable bonds is 16. The second kappa shape index (κ2) is 20.7. The first kappa shape index (κ1) is 49.1. The van der Waals surface area contributed by atoms with Gasteiger partial charge in [-0.2, -0.15) is 0 Å². The van der Waals surface area contributed by atoms with E-state index in [1.54, 1.807) is 0 Å². The van der Waals surface area contributed by atoms with Gasteiger partial charge in [0.05, 0.1) is 5.41 Å². The van der Waals surface area contributed by atoms with Crippen LogP contribution in [0.2, 0.25) is 0 Å². The van der Waals surface area contributed by atoms with Gasteiger partial charge in [-0.15, -0.1) is 0 Å². The second-order valence-electron chi connectivity index (χ2n) is 23.7. The monoisotopic (exact) mass is 909 g/mol. The van der Waals surface area contributed by atoms with Crippen LogP contribution in [0.15, 0.2) is 60.2 Å². The highest BCUT2D eigenvalue weighted by Crippen LogP contribution is 2.65. The van der Waals surface area contributed by atoms with Crippen molar-refractivity contribution in [1.29, 1.82) is 0 Å². The number of fused-ring (bicyclic) bond motifs is 6. The Morgan fingerprint density at radius 1 is 0.621 bits per heavy atom. The maximum atomic E-state index is 13.8. The number of benzene rings is 2. The zero-order valence-electron chi connectivity index (χ0n) is 41.6. The second-order valence-corrected chi connectivity index (χ2v) is 23.7. The normalized spacial score (nSPS) is 35.0. The zero-order chi connectivity index (χ0) is 46.8. The molecule has 5 saturated carbocycles. The third-order valence-corrected chi connectivity index (χ3v) is 19.1. The topological polar surface area (TPSA) is 112 Å². The summed E-state index contributed by atoms with van der Waals surface area (Å²) in [4.78, 5) is 27.3. The quantitative estimate of drug-likeness (QED) is 0.160. The maximum absolute atomic E-state index is 13.8. The van der Waals surface area contributed by atoms with Crippen molar-refractivity contribution in [2.75, 3.05) is 26.4 Å². The number of ether oxygens (including phenoxy) is 4. The highest BCUT2D eigenvalue weighted by Gasteiger charge is 2.60. The molecule has 6 aliphatic rings. The Balaban J connectivity index is 0.732. The fraction of sp³-hybridized carbons (Fsp3) is 0.724. The van der Waals surface area contributed by atoms with Crippen molar-refractivity contribution in [3.63, 3.8) is 0 Å². The van der Waals surface area contributed by atoms with E-state index in [-0.39, 0.29) is 55.1 Å². The summed E-state index contributed by atoms with van der Waals surface area (Å²) >= 11 is 0. The molecule has 0 amide bonds. The van der Waals surface area contributed by atoms with E-state index < -0.39 is 17.6 Å². The van der Waals surface area contributed by atoms with Crippen LogP contribution < -0.4 is 9.47 Å². The first-order valence-corrected chi connectivity index (χ1v) is 26.4. The molecule has 8 rings (SSSR count). The third-order valence-electron chi connectivity index (χ3n) is 19.1. The number of hydrogen-bond donors (Lipinski definition) is 2. The molecule has 0 spiro atoms. The fourth-order valence-corrected chi connectivity index (χ4v) is 15.3. The van der Waals surface area contributed by atoms with E-state index in [2.05, 4.69) is 54.5 Å². The summed E-state index contributed by atoms with van der Waals surface area (Å²) in [5.41, 5.74) is 2.86. The van der Waals surface area contributed by atoms with Gasteiger partial charge in [0.15, 0.2) is 0 Å². The van der Waals surface area contributed by atoms with Crippen LogP contribution in [0.3, 0.4) is 0 Å². The Labute approximate surface area is 397 Å². The van der Waals surface area contributed by atoms with E-state index in [4.69, 9.17) is 18.9 Å². The standard InChI is InChI=1S/C58H84O8/c1-37(2)41-15-23-50-43(31-41)17-25-52-49(10-8-27-56(50,52)5)54(61)65-35-45(59)33-63-47-19-11-39(12-20-47)30-40-13-21-48(22-14-40)64-34-46(60)36-66-55(62)58(7)29-9-28-57(6)51-24-16-42(38(3)4)32-44(51)18-26-53(57)58/h10-14,19-22,37-38,41-46,50-53,59-60H,8-9,15-18,23-36H2,1-7H3. The number of aliphatic hydroxyl groups is 2. The number of allylic oxidation sites excluding steroid dienone is 1. The summed E-state index contributed by atoms with van der Waals surface area (Å²) < 4.78 is 23.5. The largest absolute Gasteiger partial charge is 0.491 e. The SMILES string of the molecule is CC(C)C1CCC2C(CCC3C(C(=O)OCC(O)COc4ccc(Cc5ccc(OCC(O)COC(=O)C6(C)CCCC7(C)C8CCC(C(C)C)CC8CCC67)cc5)cc4)=CCCC32C)C1. The summed E-state index contributed by atoms with van der Waals surface area (Å²) in [6.07, 6.45) is 18.6. The number of hydrogen-bond acceptors (Lipinski definition) is 8. The molecule has 0 heterocycles. The lowest BCUT2D eigenvalue weighted by Gasteiger charge is -2.61. The minimum atomic E-state index is -0.927. The van der Waals surface area contributed by atoms with Crippen LogP contribution in [0.5, 0.6) is 11.5 Å². The number of aliphatic hydroxyl groups excluding tert-OH is 2. The molecule has 0 radical (unpaired) electrons. The van der Waals surface area contributed by atoms with E-state index >= 15 is 0 Å². The highest BCUT2D eigenvalue weighted by atomic mass is 16.6. The molecule has 8 heteroatoms. The van der Waals surface area contributed by atoms with E-state index in [0.717, 1.165) is 90.7 Å². The van der Waals surface area contributed by atoms with E-state index in [1.807, 2.05) is 48.5 Å². The van der Waals surface area contributed by atoms with Crippen molar-refractivity contribution in [3.8, 4) is 11.5 Å². The van der Waals surface area contributed by atoms with Crippen LogP contribution in [-0.2, 0) is 25.5 Å². The molecule has 0 aliphatic heterocycles. The minimum absolute atomic E-state index is 0.0330. The fourth-order valence-electron chi connectivity index (χ4n) is 15.3. The van der Waals surface area contributed by atoms with E-state index in [9.17, 15) is 19.8 Å². The van der Waals surface area contributed by atoms with Gasteiger partial charge in [-0.1, -0.05) is 78.3 Å². The van der Waals surface area contributed by atoms with Crippen molar-refractivity contribution in [3.05, 3.63) is 71.3 Å². The highest BCUT2D eigenvalue weighted by molar-refractivity contribution is 5.89. The van der Waals surface area contributed by atoms with Crippen LogP contribution in [0.25, 0.3) is 0 Å². The van der Waals surface area contributed by atoms with Crippen molar-refractivity contribution < 1.29 is 38.7 Å². The molecule has 5 fully saturated rings. The molecule has 364 valence electrons. The van der Waals surface area contributed by atoms with Crippen LogP contribution in [0.1, 0.15) is 156 Å². The molecule has 6 aliphatic carbocycles. The number of esters is 2. The Morgan fingerprint density at radius 3 is 1.71 bits per heavy atom. The zero-order valence-corrected chi connectivity index (χ0v) is 41.6. The van der Waals surface area contributed by atoms with Crippen LogP contribution >= 0.6 is 0 Å². The Kier molecular flexibility index (Phi) is 15.4. The average molecular weight is 909 g/mol. The molecule has 0 saturated heterocycles. The third kappa shape index (κ3) is 10.5. The van der Waals surface area contributed by atoms with Crippen molar-refractivity contribution in [2.24, 2.45) is 75.4 Å². The molecule has 2 N–H and O–H groups in total. The predicted octanol–water partition coefficient (Wildman–Crippen LogP) is 12.0. The van der Waals surface area contributed by atoms with Gasteiger partial charge in [0.1, 0.15) is 50.1 Å². The van der Waals surface area contributed by atoms with Crippen LogP contribution in [-0.4, -0.2) is 60.8 Å². The van der Waals surface area contributed by atoms with Gasteiger partial charge in [0, 0.05) is 5.57 Å². The number of carbonyl (C=O) groups excluding carboxylic acids is 2. The molecule has 2 aromatic carbocycles. The van der Waals surface area contributed by atoms with Crippen LogP contribution in [0.4, 0.5) is 0 Å². The van der Waals surface area contributed by atoms with Gasteiger partial charge in [-0.25, -0.2) is 4.79 Å². The summed E-state index contributed by atoms with van der Waals surface area (Å²) in [5.74, 6) is 7.52. The maximum Gasteiger partial charge on any atom is 0.334 e. The smallest absolute Gasteiger partial charge is 0.334 e. The molecule has 2 aromatic rings. The Morgan fingerprint density at radius 2 is 1.15 bits per heavy atom. The van der Waals surface area contributed by atoms with Gasteiger partial charge < -0.3 is 29.2 Å². The molecule has 13 atom stereocenters. The summed E-state index contributed by atoms with van der Waals surface area (Å²) in [7, 11) is 0. The van der Waals surface area contributed by atoms with Gasteiger partial charge >= 0.3 is 11.9 Å². The van der Waals surface area contributed by atoms with E-state index in [0.29, 0.717) is 35.7 Å². The van der Waals surface area contributed by atoms with Gasteiger partial charge in [0.2, 0.25) is 0 Å². The molecule has 8 nitrogen and oxygen atoms in total. The summed E-state index contributed by atoms with van der Waals surface area (Å²) in [6.45, 7) is 16.5. The van der Waals surface area contributed by atoms with Gasteiger partial charge in [0.25, 0.3) is 0 Å². The molecule has 0 aromatic heterocycles. The van der Waals surface area contributed by atoms with Crippen LogP contribution in [0, 0.1) is 75.4 Å². The van der Waals surface area contributed by atoms with E-state index in [1.165, 1.54) is 57.8 Å². The minimum Gasteiger partial charge on any atom is -0.491 e. The Hall–Kier alpha value is -3.36. The van der Waals surface area contributed by atoms with Crippen molar-refractivity contribution in [1.82, 2.24) is 0 Å². The van der Waals surface area contributed by atoms with Crippen molar-refractivity contribution in [2.45, 2.75) is 163 Å². The molecule has 66 heavy (non-hydrogen) atoms. The van der Waals surface area contributed by atoms with Gasteiger partial charge in [-0.3, -0.25) is 4.79 Å². The molecular formula is C58H84O8. The first-order chi connectivity index (χ1) is 31.6. The predicted molar refractivity (Wildman–Crippen MR) is 260 cm³/mol. The lowest BCUT2D eigenvalue weighted by Crippen LogP contribution is -2.56. The Bertz CT molecular complexity index is 1970. The molecule has 0 bridgehead atoms. The summed E-state index contributed by atoms with van der Waals surface area (Å²) in [6, 6.07) is 15.7. The molecule has 13 unspecified atom stereocenters. The lowest BCUT2D eigenvalue weighted by molar-refractivity contribution is -0.181. The first-order valence-electron chi connectivity index (χ1n) is 26.4. The summed E-state index contributed by atoms with van der Waals surface area (Å²) in [5, 5.41) is 21.6. The average Bonchev–Trinajstić information content (AvgIpc) is 3.31. The van der Waals surface area contributed by atoms with Gasteiger partial charge in [-0.05, 0) is 209 Å². The lowest BCUT2D eigenvalue weighted by atomic mass is 9.43.